The van der Waals surface area contributed by atoms with Gasteiger partial charge in [0, 0.05) is 13.1 Å². The predicted octanol–water partition coefficient (Wildman–Crippen LogP) is 6.54. The molecule has 0 amide bonds. The minimum atomic E-state index is -2.55. The van der Waals surface area contributed by atoms with Crippen molar-refractivity contribution in [1.82, 2.24) is 9.97 Å². The van der Waals surface area contributed by atoms with Crippen LogP contribution in [0.1, 0.15) is 48.8 Å². The van der Waals surface area contributed by atoms with Crippen molar-refractivity contribution >= 4 is 5.95 Å². The molecule has 3 aromatic rings. The van der Waals surface area contributed by atoms with Gasteiger partial charge in [-0.05, 0) is 43.5 Å². The summed E-state index contributed by atoms with van der Waals surface area (Å²) >= 11 is 0. The van der Waals surface area contributed by atoms with Crippen LogP contribution in [-0.4, -0.2) is 30.1 Å². The summed E-state index contributed by atoms with van der Waals surface area (Å²) in [5.74, 6) is 1.68. The molecule has 2 aromatic carbocycles. The lowest BCUT2D eigenvalue weighted by molar-refractivity contribution is 0.0806. The van der Waals surface area contributed by atoms with E-state index in [9.17, 15) is 8.78 Å². The van der Waals surface area contributed by atoms with Gasteiger partial charge in [-0.15, -0.1) is 0 Å². The molecule has 0 saturated carbocycles. The van der Waals surface area contributed by atoms with Gasteiger partial charge < -0.3 is 14.4 Å². The molecule has 3 rings (SSSR count). The van der Waals surface area contributed by atoms with Crippen molar-refractivity contribution in [3.63, 3.8) is 0 Å². The molecule has 7 heteroatoms. The van der Waals surface area contributed by atoms with E-state index in [1.165, 1.54) is 5.56 Å². The molecule has 0 bridgehead atoms. The van der Waals surface area contributed by atoms with Crippen molar-refractivity contribution in [3.8, 4) is 11.5 Å². The van der Waals surface area contributed by atoms with Crippen LogP contribution in [0.5, 0.6) is 11.5 Å². The number of ether oxygens (including phenoxy) is 2. The van der Waals surface area contributed by atoms with Crippen LogP contribution in [0.2, 0.25) is 0 Å². The summed E-state index contributed by atoms with van der Waals surface area (Å²) in [4.78, 5) is 11.4. The van der Waals surface area contributed by atoms with E-state index in [1.54, 1.807) is 14.0 Å². The van der Waals surface area contributed by atoms with Gasteiger partial charge in [-0.1, -0.05) is 62.7 Å². The van der Waals surface area contributed by atoms with E-state index in [2.05, 4.69) is 41.1 Å². The van der Waals surface area contributed by atoms with Gasteiger partial charge in [0.1, 0.15) is 12.4 Å². The molecule has 0 N–H and O–H groups in total. The molecular weight excluding hydrogens is 436 g/mol. The van der Waals surface area contributed by atoms with Crippen LogP contribution in [0.15, 0.2) is 48.5 Å². The highest BCUT2D eigenvalue weighted by atomic mass is 19.3. The van der Waals surface area contributed by atoms with Gasteiger partial charge in [-0.25, -0.2) is 18.7 Å². The van der Waals surface area contributed by atoms with Gasteiger partial charge in [0.25, 0.3) is 6.43 Å². The zero-order valence-electron chi connectivity index (χ0n) is 20.9. The predicted molar refractivity (Wildman–Crippen MR) is 133 cm³/mol. The molecule has 0 atom stereocenters. The lowest BCUT2D eigenvalue weighted by Crippen LogP contribution is -2.25. The van der Waals surface area contributed by atoms with E-state index in [0.29, 0.717) is 42.6 Å². The van der Waals surface area contributed by atoms with Crippen molar-refractivity contribution in [3.05, 3.63) is 76.6 Å². The Bertz CT molecular complexity index is 1010. The molecule has 0 saturated heterocycles. The van der Waals surface area contributed by atoms with Crippen LogP contribution in [0.25, 0.3) is 0 Å². The van der Waals surface area contributed by atoms with E-state index >= 15 is 0 Å². The topological polar surface area (TPSA) is 47.5 Å². The molecule has 0 fully saturated rings. The van der Waals surface area contributed by atoms with Crippen LogP contribution in [0, 0.1) is 13.8 Å². The Balaban J connectivity index is 0.00000199. The summed E-state index contributed by atoms with van der Waals surface area (Å²) in [6.07, 6.45) is -2.00. The normalized spacial score (nSPS) is 10.5. The number of hydrogen-bond donors (Lipinski definition) is 0. The maximum absolute atomic E-state index is 12.7. The molecule has 0 unspecified atom stereocenters. The van der Waals surface area contributed by atoms with Gasteiger partial charge in [-0.2, -0.15) is 0 Å². The molecule has 1 heterocycles. The highest BCUT2D eigenvalue weighted by molar-refractivity contribution is 5.43. The Labute approximate surface area is 201 Å². The van der Waals surface area contributed by atoms with Gasteiger partial charge in [0.2, 0.25) is 5.95 Å². The number of alkyl halides is 2. The third-order valence-corrected chi connectivity index (χ3v) is 5.09. The Morgan fingerprint density at radius 3 is 1.94 bits per heavy atom. The summed E-state index contributed by atoms with van der Waals surface area (Å²) in [5, 5.41) is 0. The lowest BCUT2D eigenvalue weighted by atomic mass is 10.1. The first-order valence-corrected chi connectivity index (χ1v) is 11.6. The molecule has 1 aromatic heterocycles. The third kappa shape index (κ3) is 7.68. The smallest absolute Gasteiger partial charge is 0.272 e. The minimum Gasteiger partial charge on any atom is -0.497 e. The van der Waals surface area contributed by atoms with Crippen LogP contribution < -0.4 is 14.4 Å². The number of halogens is 2. The Morgan fingerprint density at radius 1 is 0.882 bits per heavy atom. The fraction of sp³-hybridized carbons (Fsp3) is 0.407. The summed E-state index contributed by atoms with van der Waals surface area (Å²) in [5.41, 5.74) is 4.57. The number of anilines is 1. The largest absolute Gasteiger partial charge is 0.497 e. The SMILES string of the molecule is CC.CCc1nc(N(Cc2ccc(C)cc2)Cc2ccc(OC)cc2)nc(C)c1OCC(F)F. The maximum atomic E-state index is 12.7. The molecule has 0 aliphatic heterocycles. The van der Waals surface area contributed by atoms with Crippen molar-refractivity contribution < 1.29 is 18.3 Å². The zero-order valence-corrected chi connectivity index (χ0v) is 20.9. The molecule has 0 aliphatic rings. The van der Waals surface area contributed by atoms with Gasteiger partial charge >= 0.3 is 0 Å². The molecule has 5 nitrogen and oxygen atoms in total. The summed E-state index contributed by atoms with van der Waals surface area (Å²) < 4.78 is 35.9. The monoisotopic (exact) mass is 471 g/mol. The number of methoxy groups -OCH3 is 1. The van der Waals surface area contributed by atoms with Gasteiger partial charge in [-0.3, -0.25) is 0 Å². The lowest BCUT2D eigenvalue weighted by Gasteiger charge is -2.25. The van der Waals surface area contributed by atoms with Crippen LogP contribution in [-0.2, 0) is 19.5 Å². The van der Waals surface area contributed by atoms with Crippen LogP contribution >= 0.6 is 0 Å². The van der Waals surface area contributed by atoms with Crippen molar-refractivity contribution in [2.24, 2.45) is 0 Å². The van der Waals surface area contributed by atoms with Crippen LogP contribution in [0.3, 0.4) is 0 Å². The first kappa shape index (κ1) is 27.0. The molecule has 0 aliphatic carbocycles. The number of benzene rings is 2. The molecule has 0 radical (unpaired) electrons. The number of aryl methyl sites for hydroxylation is 3. The minimum absolute atomic E-state index is 0.344. The maximum Gasteiger partial charge on any atom is 0.272 e. The van der Waals surface area contributed by atoms with Gasteiger partial charge in [0.05, 0.1) is 18.5 Å². The van der Waals surface area contributed by atoms with Crippen LogP contribution in [0.4, 0.5) is 14.7 Å². The second-order valence-corrected chi connectivity index (χ2v) is 7.63. The number of nitrogens with zero attached hydrogens (tertiary/aromatic N) is 3. The first-order valence-electron chi connectivity index (χ1n) is 11.6. The summed E-state index contributed by atoms with van der Waals surface area (Å²) in [6, 6.07) is 16.2. The van der Waals surface area contributed by atoms with E-state index < -0.39 is 13.0 Å². The number of rotatable bonds is 10. The van der Waals surface area contributed by atoms with E-state index in [0.717, 1.165) is 16.9 Å². The van der Waals surface area contributed by atoms with Gasteiger partial charge in [0.15, 0.2) is 5.75 Å². The Hall–Kier alpha value is -3.22. The highest BCUT2D eigenvalue weighted by Crippen LogP contribution is 2.27. The average molecular weight is 472 g/mol. The van der Waals surface area contributed by atoms with E-state index in [1.807, 2.05) is 45.0 Å². The second kappa shape index (κ2) is 13.5. The van der Waals surface area contributed by atoms with Crippen molar-refractivity contribution in [1.29, 1.82) is 0 Å². The Kier molecular flexibility index (Phi) is 10.7. The van der Waals surface area contributed by atoms with E-state index in [-0.39, 0.29) is 0 Å². The summed E-state index contributed by atoms with van der Waals surface area (Å²) in [6.45, 7) is 10.3. The Morgan fingerprint density at radius 2 is 1.44 bits per heavy atom. The fourth-order valence-corrected chi connectivity index (χ4v) is 3.38. The number of hydrogen-bond acceptors (Lipinski definition) is 5. The first-order chi connectivity index (χ1) is 16.4. The average Bonchev–Trinajstić information content (AvgIpc) is 2.85. The second-order valence-electron chi connectivity index (χ2n) is 7.63. The zero-order chi connectivity index (χ0) is 25.1. The fourth-order valence-electron chi connectivity index (χ4n) is 3.38. The number of aromatic nitrogens is 2. The van der Waals surface area contributed by atoms with Crippen molar-refractivity contribution in [2.45, 2.75) is 60.6 Å². The third-order valence-electron chi connectivity index (χ3n) is 5.09. The molecule has 34 heavy (non-hydrogen) atoms. The molecular formula is C27H35F2N3O2. The van der Waals surface area contributed by atoms with E-state index in [4.69, 9.17) is 14.5 Å². The van der Waals surface area contributed by atoms with Crippen molar-refractivity contribution in [2.75, 3.05) is 18.6 Å². The quantitative estimate of drug-likeness (QED) is 0.336. The summed E-state index contributed by atoms with van der Waals surface area (Å²) in [7, 11) is 1.64. The molecule has 184 valence electrons. The standard InChI is InChI=1S/C25H29F2N3O2.C2H6/c1-5-22-24(32-16-23(26)27)18(3)28-25(29-22)30(14-19-8-6-17(2)7-9-19)15-20-10-12-21(31-4)13-11-20;1-2/h6-13,23H,5,14-16H2,1-4H3;1-2H3. The molecule has 0 spiro atoms. The highest BCUT2D eigenvalue weighted by Gasteiger charge is 2.18.